The molecule has 0 heterocycles. The maximum Gasteiger partial charge on any atom is 0.237 e. The van der Waals surface area contributed by atoms with Crippen molar-refractivity contribution in [3.63, 3.8) is 0 Å². The summed E-state index contributed by atoms with van der Waals surface area (Å²) in [6.45, 7) is 0. The Kier molecular flexibility index (Phi) is 1.76. The van der Waals surface area contributed by atoms with Crippen molar-refractivity contribution in [3.8, 4) is 0 Å². The lowest BCUT2D eigenvalue weighted by molar-refractivity contribution is 0.457. The Morgan fingerprint density at radius 2 is 2.23 bits per heavy atom. The van der Waals surface area contributed by atoms with Crippen LogP contribution in [0.3, 0.4) is 0 Å². The van der Waals surface area contributed by atoms with Gasteiger partial charge in [-0.25, -0.2) is 4.79 Å². The molecule has 3 heteroatoms. The van der Waals surface area contributed by atoms with Crippen LogP contribution in [0.25, 0.3) is 0 Å². The monoisotopic (exact) mass is 174 g/mol. The van der Waals surface area contributed by atoms with E-state index in [1.54, 1.807) is 6.08 Å². The number of nitrogens with two attached hydrogens (primary N) is 1. The number of benzene rings is 1. The zero-order chi connectivity index (χ0) is 9.31. The Morgan fingerprint density at radius 3 is 3.00 bits per heavy atom. The molecule has 2 rings (SSSR count). The van der Waals surface area contributed by atoms with Crippen LogP contribution in [-0.4, -0.2) is 6.08 Å². The van der Waals surface area contributed by atoms with Crippen molar-refractivity contribution in [3.05, 3.63) is 35.4 Å². The molecule has 66 valence electrons. The smallest absolute Gasteiger partial charge is 0.237 e. The number of fused-ring (bicyclic) bond motifs is 1. The standard InChI is InChI=1S/C10H10N2O/c11-10(12-7-13)6-5-8-3-1-2-4-9(8)10/h1-4H,5-6,11H2/t10-/m0/s1. The highest BCUT2D eigenvalue weighted by atomic mass is 16.1. The van der Waals surface area contributed by atoms with Crippen molar-refractivity contribution in [2.45, 2.75) is 18.5 Å². The predicted molar refractivity (Wildman–Crippen MR) is 48.7 cm³/mol. The van der Waals surface area contributed by atoms with Gasteiger partial charge in [-0.2, -0.15) is 4.99 Å². The second kappa shape index (κ2) is 2.80. The van der Waals surface area contributed by atoms with Gasteiger partial charge in [-0.1, -0.05) is 24.3 Å². The molecule has 0 aliphatic heterocycles. The van der Waals surface area contributed by atoms with Crippen molar-refractivity contribution in [1.82, 2.24) is 0 Å². The number of hydrogen-bond acceptors (Lipinski definition) is 3. The topological polar surface area (TPSA) is 55.4 Å². The summed E-state index contributed by atoms with van der Waals surface area (Å²) in [6.07, 6.45) is 3.12. The first-order valence-electron chi connectivity index (χ1n) is 4.22. The van der Waals surface area contributed by atoms with Crippen molar-refractivity contribution in [2.75, 3.05) is 0 Å². The molecule has 3 nitrogen and oxygen atoms in total. The number of carbonyl (C=O) groups excluding carboxylic acids is 1. The molecule has 0 spiro atoms. The molecular formula is C10H10N2O. The summed E-state index contributed by atoms with van der Waals surface area (Å²) in [5, 5.41) is 0. The molecule has 0 bridgehead atoms. The summed E-state index contributed by atoms with van der Waals surface area (Å²) in [7, 11) is 0. The van der Waals surface area contributed by atoms with Crippen molar-refractivity contribution < 1.29 is 4.79 Å². The van der Waals surface area contributed by atoms with Gasteiger partial charge in [0.25, 0.3) is 0 Å². The lowest BCUT2D eigenvalue weighted by Crippen LogP contribution is -2.31. The predicted octanol–water partition coefficient (Wildman–Crippen LogP) is 1.08. The maximum atomic E-state index is 10.2. The van der Waals surface area contributed by atoms with E-state index >= 15 is 0 Å². The van der Waals surface area contributed by atoms with E-state index in [1.165, 1.54) is 5.56 Å². The fraction of sp³-hybridized carbons (Fsp3) is 0.300. The molecular weight excluding hydrogens is 164 g/mol. The molecule has 0 radical (unpaired) electrons. The van der Waals surface area contributed by atoms with Crippen LogP contribution in [0.15, 0.2) is 29.3 Å². The van der Waals surface area contributed by atoms with Crippen LogP contribution < -0.4 is 5.73 Å². The van der Waals surface area contributed by atoms with E-state index in [2.05, 4.69) is 4.99 Å². The molecule has 0 fully saturated rings. The van der Waals surface area contributed by atoms with Gasteiger partial charge < -0.3 is 5.73 Å². The SMILES string of the molecule is N[C@]1(N=C=O)CCc2ccccc21. The van der Waals surface area contributed by atoms with E-state index in [4.69, 9.17) is 5.73 Å². The number of isocyanates is 1. The number of nitrogens with zero attached hydrogens (tertiary/aromatic N) is 1. The zero-order valence-corrected chi connectivity index (χ0v) is 7.16. The first kappa shape index (κ1) is 8.17. The summed E-state index contributed by atoms with van der Waals surface area (Å²) in [4.78, 5) is 13.9. The van der Waals surface area contributed by atoms with Gasteiger partial charge in [-0.05, 0) is 24.0 Å². The Labute approximate surface area is 76.3 Å². The molecule has 0 saturated heterocycles. The molecule has 1 atom stereocenters. The second-order valence-electron chi connectivity index (χ2n) is 3.28. The van der Waals surface area contributed by atoms with E-state index in [1.807, 2.05) is 24.3 Å². The molecule has 0 unspecified atom stereocenters. The molecule has 1 aromatic rings. The number of hydrogen-bond donors (Lipinski definition) is 1. The third kappa shape index (κ3) is 1.18. The Morgan fingerprint density at radius 1 is 1.46 bits per heavy atom. The number of aryl methyl sites for hydroxylation is 1. The summed E-state index contributed by atoms with van der Waals surface area (Å²) in [5.41, 5.74) is 7.27. The van der Waals surface area contributed by atoms with Crippen LogP contribution in [0.4, 0.5) is 0 Å². The van der Waals surface area contributed by atoms with E-state index in [9.17, 15) is 4.79 Å². The van der Waals surface area contributed by atoms with Gasteiger partial charge in [0.05, 0.1) is 0 Å². The minimum absolute atomic E-state index is 0.696. The summed E-state index contributed by atoms with van der Waals surface area (Å²) >= 11 is 0. The van der Waals surface area contributed by atoms with E-state index in [0.717, 1.165) is 12.0 Å². The first-order valence-corrected chi connectivity index (χ1v) is 4.22. The highest BCUT2D eigenvalue weighted by Crippen LogP contribution is 2.35. The van der Waals surface area contributed by atoms with E-state index in [0.29, 0.717) is 6.42 Å². The van der Waals surface area contributed by atoms with Crippen LogP contribution >= 0.6 is 0 Å². The summed E-state index contributed by atoms with van der Waals surface area (Å²) < 4.78 is 0. The normalized spacial score (nSPS) is 25.0. The average molecular weight is 174 g/mol. The third-order valence-corrected chi connectivity index (χ3v) is 2.50. The fourth-order valence-corrected chi connectivity index (χ4v) is 1.82. The van der Waals surface area contributed by atoms with Crippen molar-refractivity contribution in [1.29, 1.82) is 0 Å². The highest BCUT2D eigenvalue weighted by Gasteiger charge is 2.34. The van der Waals surface area contributed by atoms with Crippen LogP contribution in [-0.2, 0) is 16.9 Å². The fourth-order valence-electron chi connectivity index (χ4n) is 1.82. The quantitative estimate of drug-likeness (QED) is 0.511. The second-order valence-corrected chi connectivity index (χ2v) is 3.28. The van der Waals surface area contributed by atoms with Crippen LogP contribution in [0.2, 0.25) is 0 Å². The minimum atomic E-state index is -0.821. The maximum absolute atomic E-state index is 10.2. The minimum Gasteiger partial charge on any atom is -0.303 e. The van der Waals surface area contributed by atoms with Gasteiger partial charge in [0.1, 0.15) is 5.66 Å². The van der Waals surface area contributed by atoms with Gasteiger partial charge in [-0.15, -0.1) is 0 Å². The van der Waals surface area contributed by atoms with Gasteiger partial charge >= 0.3 is 0 Å². The third-order valence-electron chi connectivity index (χ3n) is 2.50. The Balaban J connectivity index is 2.54. The molecule has 0 saturated carbocycles. The van der Waals surface area contributed by atoms with Gasteiger partial charge in [-0.3, -0.25) is 0 Å². The lowest BCUT2D eigenvalue weighted by Gasteiger charge is -2.17. The molecule has 0 amide bonds. The molecule has 0 aromatic heterocycles. The van der Waals surface area contributed by atoms with Crippen molar-refractivity contribution in [2.24, 2.45) is 10.7 Å². The van der Waals surface area contributed by atoms with Gasteiger partial charge in [0, 0.05) is 0 Å². The van der Waals surface area contributed by atoms with Crippen LogP contribution in [0.5, 0.6) is 0 Å². The number of aliphatic imine (C=N–C) groups is 1. The molecule has 13 heavy (non-hydrogen) atoms. The molecule has 1 aliphatic carbocycles. The van der Waals surface area contributed by atoms with Crippen molar-refractivity contribution >= 4 is 6.08 Å². The van der Waals surface area contributed by atoms with E-state index < -0.39 is 5.66 Å². The number of rotatable bonds is 1. The Bertz CT molecular complexity index is 382. The summed E-state index contributed by atoms with van der Waals surface area (Å²) in [5.74, 6) is 0. The molecule has 2 N–H and O–H groups in total. The highest BCUT2D eigenvalue weighted by molar-refractivity contribution is 5.43. The molecule has 1 aromatic carbocycles. The summed E-state index contributed by atoms with van der Waals surface area (Å²) in [6, 6.07) is 7.81. The van der Waals surface area contributed by atoms with Gasteiger partial charge in [0.2, 0.25) is 6.08 Å². The first-order chi connectivity index (χ1) is 6.26. The Hall–Kier alpha value is -1.44. The van der Waals surface area contributed by atoms with E-state index in [-0.39, 0.29) is 0 Å². The van der Waals surface area contributed by atoms with Crippen LogP contribution in [0.1, 0.15) is 17.5 Å². The van der Waals surface area contributed by atoms with Gasteiger partial charge in [0.15, 0.2) is 0 Å². The van der Waals surface area contributed by atoms with Crippen LogP contribution in [0, 0.1) is 0 Å². The average Bonchev–Trinajstić information content (AvgIpc) is 2.46. The molecule has 1 aliphatic rings. The lowest BCUT2D eigenvalue weighted by atomic mass is 10.0. The largest absolute Gasteiger partial charge is 0.303 e. The zero-order valence-electron chi connectivity index (χ0n) is 7.16.